The molecule has 1 aromatic heterocycles. The van der Waals surface area contributed by atoms with E-state index in [1.165, 1.54) is 10.4 Å². The van der Waals surface area contributed by atoms with E-state index in [1.54, 1.807) is 11.3 Å². The molecule has 0 saturated heterocycles. The van der Waals surface area contributed by atoms with Crippen LogP contribution in [0, 0.1) is 13.8 Å². The average Bonchev–Trinajstić information content (AvgIpc) is 2.85. The largest absolute Gasteiger partial charge is 0.357 e. The minimum Gasteiger partial charge on any atom is -0.357 e. The fraction of sp³-hybridized carbons (Fsp3) is 0.444. The van der Waals surface area contributed by atoms with Crippen LogP contribution >= 0.6 is 11.3 Å². The number of aliphatic imine (C=N–C) groups is 1. The molecule has 4 nitrogen and oxygen atoms in total. The Morgan fingerprint density at radius 1 is 1.26 bits per heavy atom. The molecule has 0 saturated carbocycles. The molecule has 0 bridgehead atoms. The Bertz CT molecular complexity index is 634. The zero-order chi connectivity index (χ0) is 16.7. The third-order valence-electron chi connectivity index (χ3n) is 3.56. The van der Waals surface area contributed by atoms with Crippen LogP contribution in [0.2, 0.25) is 0 Å². The number of guanidine groups is 1. The van der Waals surface area contributed by atoms with E-state index in [2.05, 4.69) is 67.3 Å². The highest BCUT2D eigenvalue weighted by Gasteiger charge is 2.07. The monoisotopic (exact) mass is 330 g/mol. The minimum absolute atomic E-state index is 0.782. The van der Waals surface area contributed by atoms with Crippen molar-refractivity contribution in [2.75, 3.05) is 20.1 Å². The Hall–Kier alpha value is -1.88. The van der Waals surface area contributed by atoms with Gasteiger partial charge in [0.1, 0.15) is 0 Å². The number of benzene rings is 1. The van der Waals surface area contributed by atoms with Crippen LogP contribution in [0.1, 0.15) is 28.1 Å². The third-order valence-corrected chi connectivity index (χ3v) is 4.69. The first kappa shape index (κ1) is 17.5. The standard InChI is InChI=1S/C18H26N4S/c1-5-19-18(22(4)13-16-9-7-6-8-10-16)20-12-11-17-14(2)21-15(3)23-17/h6-10H,5,11-13H2,1-4H3,(H,19,20). The third kappa shape index (κ3) is 5.36. The highest BCUT2D eigenvalue weighted by Crippen LogP contribution is 2.17. The van der Waals surface area contributed by atoms with Crippen LogP contribution in [0.4, 0.5) is 0 Å². The van der Waals surface area contributed by atoms with E-state index in [0.29, 0.717) is 0 Å². The maximum Gasteiger partial charge on any atom is 0.193 e. The topological polar surface area (TPSA) is 40.5 Å². The van der Waals surface area contributed by atoms with Crippen molar-refractivity contribution < 1.29 is 0 Å². The summed E-state index contributed by atoms with van der Waals surface area (Å²) < 4.78 is 0. The first-order valence-electron chi connectivity index (χ1n) is 8.06. The molecule has 124 valence electrons. The molecule has 0 aliphatic carbocycles. The lowest BCUT2D eigenvalue weighted by Crippen LogP contribution is -2.38. The highest BCUT2D eigenvalue weighted by molar-refractivity contribution is 7.11. The van der Waals surface area contributed by atoms with Gasteiger partial charge in [-0.05, 0) is 26.3 Å². The predicted octanol–water partition coefficient (Wildman–Crippen LogP) is 3.40. The van der Waals surface area contributed by atoms with Crippen LogP contribution in [0.3, 0.4) is 0 Å². The van der Waals surface area contributed by atoms with Crippen molar-refractivity contribution in [1.82, 2.24) is 15.2 Å². The molecule has 0 atom stereocenters. The zero-order valence-electron chi connectivity index (χ0n) is 14.5. The molecule has 0 amide bonds. The van der Waals surface area contributed by atoms with Gasteiger partial charge in [-0.25, -0.2) is 4.98 Å². The summed E-state index contributed by atoms with van der Waals surface area (Å²) in [5, 5.41) is 4.51. The van der Waals surface area contributed by atoms with Gasteiger partial charge in [-0.15, -0.1) is 11.3 Å². The molecule has 1 N–H and O–H groups in total. The van der Waals surface area contributed by atoms with Crippen molar-refractivity contribution in [3.63, 3.8) is 0 Å². The summed E-state index contributed by atoms with van der Waals surface area (Å²) in [5.74, 6) is 0.954. The first-order chi connectivity index (χ1) is 11.1. The average molecular weight is 331 g/mol. The Morgan fingerprint density at radius 2 is 2.00 bits per heavy atom. The summed E-state index contributed by atoms with van der Waals surface area (Å²) in [6, 6.07) is 10.5. The molecule has 0 radical (unpaired) electrons. The Kier molecular flexibility index (Phi) is 6.59. The van der Waals surface area contributed by atoms with E-state index < -0.39 is 0 Å². The molecule has 5 heteroatoms. The van der Waals surface area contributed by atoms with Gasteiger partial charge in [0.2, 0.25) is 0 Å². The number of aromatic nitrogens is 1. The van der Waals surface area contributed by atoms with E-state index in [4.69, 9.17) is 4.99 Å². The molecule has 0 spiro atoms. The molecule has 0 fully saturated rings. The summed E-state index contributed by atoms with van der Waals surface area (Å²) in [4.78, 5) is 12.8. The van der Waals surface area contributed by atoms with Crippen LogP contribution in [-0.4, -0.2) is 36.0 Å². The van der Waals surface area contributed by atoms with Gasteiger partial charge in [0, 0.05) is 38.0 Å². The van der Waals surface area contributed by atoms with Crippen molar-refractivity contribution in [2.45, 2.75) is 33.7 Å². The van der Waals surface area contributed by atoms with Crippen LogP contribution in [-0.2, 0) is 13.0 Å². The summed E-state index contributed by atoms with van der Waals surface area (Å²) in [6.45, 7) is 8.74. The number of nitrogens with one attached hydrogen (secondary N) is 1. The molecule has 0 aliphatic heterocycles. The molecule has 2 rings (SSSR count). The fourth-order valence-electron chi connectivity index (χ4n) is 2.47. The van der Waals surface area contributed by atoms with Crippen molar-refractivity contribution in [1.29, 1.82) is 0 Å². The Balaban J connectivity index is 1.97. The number of rotatable bonds is 6. The van der Waals surface area contributed by atoms with Crippen LogP contribution in [0.25, 0.3) is 0 Å². The van der Waals surface area contributed by atoms with Crippen molar-refractivity contribution in [3.05, 3.63) is 51.5 Å². The molecular formula is C18H26N4S. The van der Waals surface area contributed by atoms with Crippen LogP contribution in [0.5, 0.6) is 0 Å². The quantitative estimate of drug-likeness (QED) is 0.652. The Morgan fingerprint density at radius 3 is 2.61 bits per heavy atom. The van der Waals surface area contributed by atoms with Gasteiger partial charge in [-0.3, -0.25) is 4.99 Å². The van der Waals surface area contributed by atoms with E-state index in [-0.39, 0.29) is 0 Å². The smallest absolute Gasteiger partial charge is 0.193 e. The van der Waals surface area contributed by atoms with Crippen molar-refractivity contribution in [3.8, 4) is 0 Å². The number of hydrogen-bond acceptors (Lipinski definition) is 3. The zero-order valence-corrected chi connectivity index (χ0v) is 15.3. The van der Waals surface area contributed by atoms with Crippen LogP contribution in [0.15, 0.2) is 35.3 Å². The number of thiazole rings is 1. The summed E-state index contributed by atoms with van der Waals surface area (Å²) in [7, 11) is 2.08. The van der Waals surface area contributed by atoms with Gasteiger partial charge >= 0.3 is 0 Å². The second kappa shape index (κ2) is 8.67. The lowest BCUT2D eigenvalue weighted by molar-refractivity contribution is 0.477. The summed E-state index contributed by atoms with van der Waals surface area (Å²) >= 11 is 1.78. The maximum absolute atomic E-state index is 4.77. The number of hydrogen-bond donors (Lipinski definition) is 1. The molecule has 0 aliphatic rings. The highest BCUT2D eigenvalue weighted by atomic mass is 32.1. The molecule has 23 heavy (non-hydrogen) atoms. The molecule has 1 aromatic carbocycles. The van der Waals surface area contributed by atoms with Crippen molar-refractivity contribution >= 4 is 17.3 Å². The number of aryl methyl sites for hydroxylation is 2. The maximum atomic E-state index is 4.77. The second-order valence-electron chi connectivity index (χ2n) is 5.57. The SMILES string of the molecule is CCNC(=NCCc1sc(C)nc1C)N(C)Cc1ccccc1. The molecule has 0 unspecified atom stereocenters. The lowest BCUT2D eigenvalue weighted by atomic mass is 10.2. The minimum atomic E-state index is 0.782. The van der Waals surface area contributed by atoms with Gasteiger partial charge in [0.15, 0.2) is 5.96 Å². The van der Waals surface area contributed by atoms with Gasteiger partial charge in [0.25, 0.3) is 0 Å². The van der Waals surface area contributed by atoms with E-state index in [0.717, 1.165) is 42.7 Å². The summed E-state index contributed by atoms with van der Waals surface area (Å²) in [5.41, 5.74) is 2.43. The summed E-state index contributed by atoms with van der Waals surface area (Å²) in [6.07, 6.45) is 0.950. The van der Waals surface area contributed by atoms with E-state index >= 15 is 0 Å². The molecular weight excluding hydrogens is 304 g/mol. The normalized spacial score (nSPS) is 11.6. The molecule has 1 heterocycles. The van der Waals surface area contributed by atoms with E-state index in [9.17, 15) is 0 Å². The fourth-order valence-corrected chi connectivity index (χ4v) is 3.40. The first-order valence-corrected chi connectivity index (χ1v) is 8.88. The Labute approximate surface area is 143 Å². The van der Waals surface area contributed by atoms with Gasteiger partial charge in [-0.2, -0.15) is 0 Å². The predicted molar refractivity (Wildman–Crippen MR) is 99.2 cm³/mol. The van der Waals surface area contributed by atoms with Gasteiger partial charge in [-0.1, -0.05) is 30.3 Å². The van der Waals surface area contributed by atoms with E-state index in [1.807, 2.05) is 6.07 Å². The lowest BCUT2D eigenvalue weighted by Gasteiger charge is -2.22. The van der Waals surface area contributed by atoms with Crippen LogP contribution < -0.4 is 5.32 Å². The number of nitrogens with zero attached hydrogens (tertiary/aromatic N) is 3. The van der Waals surface area contributed by atoms with Gasteiger partial charge in [0.05, 0.1) is 10.7 Å². The molecule has 2 aromatic rings. The second-order valence-corrected chi connectivity index (χ2v) is 6.86. The van der Waals surface area contributed by atoms with Crippen molar-refractivity contribution in [2.24, 2.45) is 4.99 Å². The van der Waals surface area contributed by atoms with Gasteiger partial charge < -0.3 is 10.2 Å².